The number of aliphatic hydroxyl groups excluding tert-OH is 1. The van der Waals surface area contributed by atoms with Crippen molar-refractivity contribution in [1.29, 1.82) is 0 Å². The van der Waals surface area contributed by atoms with Crippen LogP contribution in [0, 0.1) is 0 Å². The molecule has 0 saturated heterocycles. The predicted octanol–water partition coefficient (Wildman–Crippen LogP) is 1.78. The quantitative estimate of drug-likeness (QED) is 0.831. The number of para-hydroxylation sites is 2. The smallest absolute Gasteiger partial charge is 0.140 e. The first-order chi connectivity index (χ1) is 7.95. The molecule has 0 aliphatic rings. The van der Waals surface area contributed by atoms with Crippen LogP contribution in [0.1, 0.15) is 32.7 Å². The molecule has 2 rings (SSSR count). The molecular weight excluding hydrogens is 214 g/mol. The fraction of sp³-hybridized carbons (Fsp3) is 0.462. The first kappa shape index (κ1) is 12.1. The Morgan fingerprint density at radius 1 is 1.35 bits per heavy atom. The van der Waals surface area contributed by atoms with Gasteiger partial charge in [-0.25, -0.2) is 4.98 Å². The van der Waals surface area contributed by atoms with Gasteiger partial charge in [-0.1, -0.05) is 12.1 Å². The number of hydrogen-bond acceptors (Lipinski definition) is 3. The van der Waals surface area contributed by atoms with E-state index in [1.54, 1.807) is 0 Å². The molecule has 4 heteroatoms. The van der Waals surface area contributed by atoms with Crippen LogP contribution < -0.4 is 5.73 Å². The van der Waals surface area contributed by atoms with Crippen molar-refractivity contribution < 1.29 is 5.11 Å². The first-order valence-corrected chi connectivity index (χ1v) is 5.81. The summed E-state index contributed by atoms with van der Waals surface area (Å²) in [6.07, 6.45) is -0.721. The fourth-order valence-corrected chi connectivity index (χ4v) is 2.08. The third kappa shape index (κ3) is 2.06. The Bertz CT molecular complexity index is 525. The van der Waals surface area contributed by atoms with E-state index in [4.69, 9.17) is 5.73 Å². The Hall–Kier alpha value is -1.39. The lowest BCUT2D eigenvalue weighted by Crippen LogP contribution is -2.27. The number of benzene rings is 1. The Morgan fingerprint density at radius 3 is 2.59 bits per heavy atom. The normalized spacial score (nSPS) is 14.2. The van der Waals surface area contributed by atoms with Crippen LogP contribution in [-0.2, 0) is 5.54 Å². The Kier molecular flexibility index (Phi) is 2.93. The second kappa shape index (κ2) is 4.13. The van der Waals surface area contributed by atoms with Gasteiger partial charge in [0.25, 0.3) is 0 Å². The highest BCUT2D eigenvalue weighted by Gasteiger charge is 2.24. The molecule has 4 nitrogen and oxygen atoms in total. The largest absolute Gasteiger partial charge is 0.384 e. The molecule has 17 heavy (non-hydrogen) atoms. The molecule has 0 aliphatic heterocycles. The lowest BCUT2D eigenvalue weighted by Gasteiger charge is -2.26. The van der Waals surface area contributed by atoms with Crippen molar-refractivity contribution in [2.45, 2.75) is 32.4 Å². The van der Waals surface area contributed by atoms with E-state index in [2.05, 4.69) is 30.3 Å². The van der Waals surface area contributed by atoms with Gasteiger partial charge in [0.15, 0.2) is 0 Å². The molecule has 1 unspecified atom stereocenters. The molecule has 92 valence electrons. The summed E-state index contributed by atoms with van der Waals surface area (Å²) >= 11 is 0. The van der Waals surface area contributed by atoms with E-state index in [-0.39, 0.29) is 12.1 Å². The van der Waals surface area contributed by atoms with Crippen molar-refractivity contribution in [3.63, 3.8) is 0 Å². The van der Waals surface area contributed by atoms with Crippen molar-refractivity contribution in [2.24, 2.45) is 5.73 Å². The number of fused-ring (bicyclic) bond motifs is 1. The van der Waals surface area contributed by atoms with Crippen molar-refractivity contribution >= 4 is 11.0 Å². The molecule has 1 heterocycles. The van der Waals surface area contributed by atoms with E-state index >= 15 is 0 Å². The first-order valence-electron chi connectivity index (χ1n) is 5.81. The summed E-state index contributed by atoms with van der Waals surface area (Å²) in [6.45, 7) is 6.45. The van der Waals surface area contributed by atoms with E-state index in [9.17, 15) is 5.11 Å². The standard InChI is InChI=1S/C13H19N3O/c1-13(2,3)16-10-7-5-4-6-9(10)15-12(16)11(17)8-14/h4-7,11,17H,8,14H2,1-3H3. The number of aliphatic hydroxyl groups is 1. The highest BCUT2D eigenvalue weighted by atomic mass is 16.3. The Morgan fingerprint density at radius 2 is 2.00 bits per heavy atom. The number of aromatic nitrogens is 2. The highest BCUT2D eigenvalue weighted by Crippen LogP contribution is 2.27. The monoisotopic (exact) mass is 233 g/mol. The van der Waals surface area contributed by atoms with Gasteiger partial charge < -0.3 is 15.4 Å². The summed E-state index contributed by atoms with van der Waals surface area (Å²) in [5.74, 6) is 0.640. The third-order valence-electron chi connectivity index (χ3n) is 2.78. The highest BCUT2D eigenvalue weighted by molar-refractivity contribution is 5.76. The minimum Gasteiger partial charge on any atom is -0.384 e. The molecule has 0 radical (unpaired) electrons. The number of imidazole rings is 1. The van der Waals surface area contributed by atoms with Crippen molar-refractivity contribution in [2.75, 3.05) is 6.54 Å². The average Bonchev–Trinajstić information content (AvgIpc) is 2.66. The van der Waals surface area contributed by atoms with E-state index in [1.165, 1.54) is 0 Å². The van der Waals surface area contributed by atoms with Gasteiger partial charge in [0.1, 0.15) is 11.9 Å². The average molecular weight is 233 g/mol. The summed E-state index contributed by atoms with van der Waals surface area (Å²) in [6, 6.07) is 7.89. The minimum atomic E-state index is -0.721. The van der Waals surface area contributed by atoms with Crippen LogP contribution >= 0.6 is 0 Å². The van der Waals surface area contributed by atoms with Gasteiger partial charge in [0.2, 0.25) is 0 Å². The SMILES string of the molecule is CC(C)(C)n1c(C(O)CN)nc2ccccc21. The molecule has 2 aromatic rings. The maximum Gasteiger partial charge on any atom is 0.140 e. The lowest BCUT2D eigenvalue weighted by molar-refractivity contribution is 0.165. The molecule has 0 spiro atoms. The molecule has 3 N–H and O–H groups in total. The Balaban J connectivity index is 2.74. The molecule has 0 aliphatic carbocycles. The second-order valence-electron chi connectivity index (χ2n) is 5.22. The summed E-state index contributed by atoms with van der Waals surface area (Å²) in [7, 11) is 0. The third-order valence-corrected chi connectivity index (χ3v) is 2.78. The van der Waals surface area contributed by atoms with Crippen molar-refractivity contribution in [1.82, 2.24) is 9.55 Å². The van der Waals surface area contributed by atoms with Gasteiger partial charge in [-0.2, -0.15) is 0 Å². The van der Waals surface area contributed by atoms with Crippen LogP contribution in [0.3, 0.4) is 0 Å². The molecule has 0 fully saturated rings. The molecule has 0 saturated carbocycles. The van der Waals surface area contributed by atoms with Crippen LogP contribution in [0.4, 0.5) is 0 Å². The van der Waals surface area contributed by atoms with E-state index in [1.807, 2.05) is 24.3 Å². The number of nitrogens with two attached hydrogens (primary N) is 1. The zero-order valence-electron chi connectivity index (χ0n) is 10.5. The molecule has 0 amide bonds. The van der Waals surface area contributed by atoms with Crippen molar-refractivity contribution in [3.8, 4) is 0 Å². The van der Waals surface area contributed by atoms with Gasteiger partial charge >= 0.3 is 0 Å². The summed E-state index contributed by atoms with van der Waals surface area (Å²) < 4.78 is 2.06. The fourth-order valence-electron chi connectivity index (χ4n) is 2.08. The minimum absolute atomic E-state index is 0.137. The molecular formula is C13H19N3O. The second-order valence-corrected chi connectivity index (χ2v) is 5.22. The van der Waals surface area contributed by atoms with Crippen LogP contribution in [-0.4, -0.2) is 21.2 Å². The molecule has 1 atom stereocenters. The van der Waals surface area contributed by atoms with Gasteiger partial charge in [0.05, 0.1) is 11.0 Å². The van der Waals surface area contributed by atoms with Gasteiger partial charge in [-0.05, 0) is 32.9 Å². The maximum atomic E-state index is 9.97. The zero-order chi connectivity index (χ0) is 12.6. The van der Waals surface area contributed by atoms with Gasteiger partial charge in [-0.15, -0.1) is 0 Å². The Labute approximate surface area is 101 Å². The summed E-state index contributed by atoms with van der Waals surface area (Å²) in [5, 5.41) is 9.97. The number of nitrogens with zero attached hydrogens (tertiary/aromatic N) is 2. The predicted molar refractivity (Wildman–Crippen MR) is 68.7 cm³/mol. The van der Waals surface area contributed by atoms with E-state index in [0.717, 1.165) is 11.0 Å². The summed E-state index contributed by atoms with van der Waals surface area (Å²) in [5.41, 5.74) is 7.32. The van der Waals surface area contributed by atoms with E-state index in [0.29, 0.717) is 5.82 Å². The van der Waals surface area contributed by atoms with Crippen molar-refractivity contribution in [3.05, 3.63) is 30.1 Å². The topological polar surface area (TPSA) is 64.1 Å². The van der Waals surface area contributed by atoms with Crippen LogP contribution in [0.15, 0.2) is 24.3 Å². The molecule has 0 bridgehead atoms. The molecule has 1 aromatic heterocycles. The number of hydrogen-bond donors (Lipinski definition) is 2. The summed E-state index contributed by atoms with van der Waals surface area (Å²) in [4.78, 5) is 4.48. The van der Waals surface area contributed by atoms with Gasteiger partial charge in [-0.3, -0.25) is 0 Å². The van der Waals surface area contributed by atoms with Crippen LogP contribution in [0.25, 0.3) is 11.0 Å². The number of rotatable bonds is 2. The maximum absolute atomic E-state index is 9.97. The van der Waals surface area contributed by atoms with Crippen LogP contribution in [0.5, 0.6) is 0 Å². The van der Waals surface area contributed by atoms with Gasteiger partial charge in [0, 0.05) is 12.1 Å². The van der Waals surface area contributed by atoms with Crippen LogP contribution in [0.2, 0.25) is 0 Å². The zero-order valence-corrected chi connectivity index (χ0v) is 10.5. The van der Waals surface area contributed by atoms with E-state index < -0.39 is 6.10 Å². The lowest BCUT2D eigenvalue weighted by atomic mass is 10.1. The molecule has 1 aromatic carbocycles.